The van der Waals surface area contributed by atoms with Gasteiger partial charge in [-0.3, -0.25) is 9.97 Å². The van der Waals surface area contributed by atoms with E-state index in [0.29, 0.717) is 12.5 Å². The summed E-state index contributed by atoms with van der Waals surface area (Å²) in [5.74, 6) is 1.48. The molecule has 0 radical (unpaired) electrons. The Bertz CT molecular complexity index is 1050. The predicted octanol–water partition coefficient (Wildman–Crippen LogP) is 4.22. The number of hydrogen-bond donors (Lipinski definition) is 1. The number of benzene rings is 1. The number of rotatable bonds is 8. The fourth-order valence-corrected chi connectivity index (χ4v) is 3.11. The molecule has 6 nitrogen and oxygen atoms in total. The zero-order valence-corrected chi connectivity index (χ0v) is 16.9. The Morgan fingerprint density at radius 1 is 0.833 bits per heavy atom. The molecule has 1 aromatic carbocycles. The molecule has 0 aliphatic carbocycles. The van der Waals surface area contributed by atoms with Crippen LogP contribution in [0.5, 0.6) is 0 Å². The molecule has 150 valence electrons. The third-order valence-corrected chi connectivity index (χ3v) is 4.83. The number of nitrogens with zero attached hydrogens (tertiary/aromatic N) is 5. The largest absolute Gasteiger partial charge is 0.359 e. The highest BCUT2D eigenvalue weighted by Crippen LogP contribution is 2.23. The molecule has 0 aliphatic heterocycles. The van der Waals surface area contributed by atoms with E-state index < -0.39 is 0 Å². The summed E-state index contributed by atoms with van der Waals surface area (Å²) in [4.78, 5) is 19.9. The Morgan fingerprint density at radius 3 is 2.43 bits per heavy atom. The van der Waals surface area contributed by atoms with Crippen LogP contribution in [0, 0.1) is 0 Å². The van der Waals surface area contributed by atoms with Gasteiger partial charge in [-0.1, -0.05) is 36.4 Å². The van der Waals surface area contributed by atoms with Gasteiger partial charge in [0, 0.05) is 56.6 Å². The fourth-order valence-electron chi connectivity index (χ4n) is 3.11. The van der Waals surface area contributed by atoms with Crippen molar-refractivity contribution in [2.24, 2.45) is 0 Å². The number of nitrogens with one attached hydrogen (secondary N) is 1. The summed E-state index contributed by atoms with van der Waals surface area (Å²) in [5.41, 5.74) is 4.29. The third-order valence-electron chi connectivity index (χ3n) is 4.83. The van der Waals surface area contributed by atoms with Crippen molar-refractivity contribution in [3.05, 3.63) is 96.6 Å². The minimum atomic E-state index is 0.603. The minimum absolute atomic E-state index is 0.603. The molecule has 0 aliphatic rings. The molecule has 4 aromatic rings. The van der Waals surface area contributed by atoms with E-state index in [9.17, 15) is 0 Å². The van der Waals surface area contributed by atoms with Crippen LogP contribution in [0.3, 0.4) is 0 Å². The van der Waals surface area contributed by atoms with Crippen molar-refractivity contribution >= 4 is 11.8 Å². The van der Waals surface area contributed by atoms with Crippen molar-refractivity contribution in [2.75, 3.05) is 23.8 Å². The van der Waals surface area contributed by atoms with E-state index in [4.69, 9.17) is 9.97 Å². The summed E-state index contributed by atoms with van der Waals surface area (Å²) in [5, 5.41) is 3.34. The van der Waals surface area contributed by atoms with Crippen molar-refractivity contribution in [1.82, 2.24) is 19.9 Å². The van der Waals surface area contributed by atoms with E-state index in [0.717, 1.165) is 35.6 Å². The Hall–Kier alpha value is -3.80. The van der Waals surface area contributed by atoms with Crippen LogP contribution in [0.15, 0.2) is 85.5 Å². The molecular weight excluding hydrogens is 372 g/mol. The first-order valence-corrected chi connectivity index (χ1v) is 9.95. The quantitative estimate of drug-likeness (QED) is 0.481. The maximum atomic E-state index is 4.76. The Morgan fingerprint density at radius 2 is 1.67 bits per heavy atom. The minimum Gasteiger partial charge on any atom is -0.359 e. The first-order chi connectivity index (χ1) is 14.8. The molecule has 3 heterocycles. The van der Waals surface area contributed by atoms with E-state index in [-0.39, 0.29) is 0 Å². The molecule has 0 atom stereocenters. The van der Waals surface area contributed by atoms with Gasteiger partial charge in [-0.25, -0.2) is 4.98 Å². The van der Waals surface area contributed by atoms with Crippen LogP contribution >= 0.6 is 0 Å². The molecule has 0 saturated carbocycles. The maximum absolute atomic E-state index is 4.76. The van der Waals surface area contributed by atoms with Gasteiger partial charge in [0.25, 0.3) is 0 Å². The van der Waals surface area contributed by atoms with Crippen LogP contribution in [0.25, 0.3) is 11.3 Å². The van der Waals surface area contributed by atoms with Crippen LogP contribution in [-0.4, -0.2) is 33.5 Å². The third kappa shape index (κ3) is 5.17. The van der Waals surface area contributed by atoms with Gasteiger partial charge < -0.3 is 10.2 Å². The summed E-state index contributed by atoms with van der Waals surface area (Å²) >= 11 is 0. The molecule has 0 saturated heterocycles. The number of hydrogen-bond acceptors (Lipinski definition) is 6. The van der Waals surface area contributed by atoms with E-state index >= 15 is 0 Å². The monoisotopic (exact) mass is 396 g/mol. The summed E-state index contributed by atoms with van der Waals surface area (Å²) < 4.78 is 0. The molecule has 30 heavy (non-hydrogen) atoms. The van der Waals surface area contributed by atoms with Crippen LogP contribution < -0.4 is 10.2 Å². The highest BCUT2D eigenvalue weighted by molar-refractivity contribution is 5.64. The maximum Gasteiger partial charge on any atom is 0.225 e. The van der Waals surface area contributed by atoms with Crippen molar-refractivity contribution in [3.8, 4) is 11.3 Å². The number of anilines is 2. The second kappa shape index (κ2) is 9.60. The highest BCUT2D eigenvalue weighted by Gasteiger charge is 2.10. The SMILES string of the molecule is CN(CCc1ccncc1)c1cc(-c2ccccc2)nc(NCc2cccnc2)n1. The molecule has 1 N–H and O–H groups in total. The van der Waals surface area contributed by atoms with Crippen molar-refractivity contribution < 1.29 is 0 Å². The first kappa shape index (κ1) is 19.5. The second-order valence-corrected chi connectivity index (χ2v) is 7.04. The second-order valence-electron chi connectivity index (χ2n) is 7.04. The number of pyridine rings is 2. The Kier molecular flexibility index (Phi) is 6.25. The standard InChI is InChI=1S/C24H24N6/c1-30(15-11-19-9-13-25-14-10-19)23-16-22(21-7-3-2-4-8-21)28-24(29-23)27-18-20-6-5-12-26-17-20/h2-10,12-14,16-17H,11,15,18H2,1H3,(H,27,28,29). The molecule has 0 unspecified atom stereocenters. The summed E-state index contributed by atoms with van der Waals surface area (Å²) in [6.07, 6.45) is 8.19. The smallest absolute Gasteiger partial charge is 0.225 e. The van der Waals surface area contributed by atoms with Crippen molar-refractivity contribution in [1.29, 1.82) is 0 Å². The lowest BCUT2D eigenvalue weighted by atomic mass is 10.1. The van der Waals surface area contributed by atoms with Gasteiger partial charge in [-0.2, -0.15) is 4.98 Å². The summed E-state index contributed by atoms with van der Waals surface area (Å²) in [6, 6.07) is 20.3. The average Bonchev–Trinajstić information content (AvgIpc) is 2.83. The van der Waals surface area contributed by atoms with Gasteiger partial charge in [0.05, 0.1) is 5.69 Å². The molecule has 6 heteroatoms. The number of likely N-dealkylation sites (N-methyl/N-ethyl adjacent to an activating group) is 1. The topological polar surface area (TPSA) is 66.8 Å². The van der Waals surface area contributed by atoms with Gasteiger partial charge in [0.15, 0.2) is 0 Å². The predicted molar refractivity (Wildman–Crippen MR) is 120 cm³/mol. The molecule has 0 amide bonds. The summed E-state index contributed by atoms with van der Waals surface area (Å²) in [6.45, 7) is 1.46. The zero-order valence-electron chi connectivity index (χ0n) is 16.9. The van der Waals surface area contributed by atoms with Gasteiger partial charge in [0.2, 0.25) is 5.95 Å². The molecule has 0 bridgehead atoms. The summed E-state index contributed by atoms with van der Waals surface area (Å²) in [7, 11) is 2.06. The number of aromatic nitrogens is 4. The van der Waals surface area contributed by atoms with Crippen LogP contribution in [-0.2, 0) is 13.0 Å². The van der Waals surface area contributed by atoms with E-state index in [1.807, 2.05) is 67.1 Å². The van der Waals surface area contributed by atoms with Gasteiger partial charge in [-0.15, -0.1) is 0 Å². The van der Waals surface area contributed by atoms with Crippen LogP contribution in [0.1, 0.15) is 11.1 Å². The Balaban J connectivity index is 1.56. The lowest BCUT2D eigenvalue weighted by molar-refractivity contribution is 0.854. The van der Waals surface area contributed by atoms with Gasteiger partial charge in [0.1, 0.15) is 5.82 Å². The average molecular weight is 396 g/mol. The lowest BCUT2D eigenvalue weighted by Gasteiger charge is -2.20. The van der Waals surface area contributed by atoms with Crippen molar-refractivity contribution in [2.45, 2.75) is 13.0 Å². The molecule has 0 fully saturated rings. The lowest BCUT2D eigenvalue weighted by Crippen LogP contribution is -2.22. The van der Waals surface area contributed by atoms with Gasteiger partial charge in [-0.05, 0) is 35.7 Å². The normalized spacial score (nSPS) is 10.6. The van der Waals surface area contributed by atoms with Crippen molar-refractivity contribution in [3.63, 3.8) is 0 Å². The molecule has 0 spiro atoms. The molecule has 3 aromatic heterocycles. The van der Waals surface area contributed by atoms with Crippen LogP contribution in [0.2, 0.25) is 0 Å². The zero-order chi connectivity index (χ0) is 20.6. The highest BCUT2D eigenvalue weighted by atomic mass is 15.2. The fraction of sp³-hybridized carbons (Fsp3) is 0.167. The van der Waals surface area contributed by atoms with E-state index in [1.165, 1.54) is 5.56 Å². The van der Waals surface area contributed by atoms with Gasteiger partial charge >= 0.3 is 0 Å². The Labute approximate surface area is 176 Å². The molecule has 4 rings (SSSR count). The first-order valence-electron chi connectivity index (χ1n) is 9.95. The van der Waals surface area contributed by atoms with Crippen LogP contribution in [0.4, 0.5) is 11.8 Å². The van der Waals surface area contributed by atoms with E-state index in [1.54, 1.807) is 6.20 Å². The van der Waals surface area contributed by atoms with E-state index in [2.05, 4.69) is 39.4 Å². The molecular formula is C24H24N6.